The van der Waals surface area contributed by atoms with Crippen molar-refractivity contribution in [3.8, 4) is 0 Å². The molecular weight excluding hydrogens is 330 g/mol. The average Bonchev–Trinajstić information content (AvgIpc) is 2.46. The molecule has 1 aromatic carbocycles. The summed E-state index contributed by atoms with van der Waals surface area (Å²) in [5.74, 6) is 1.63. The molecular formula is C13H17NO4S3. The predicted molar refractivity (Wildman–Crippen MR) is 88.5 cm³/mol. The third-order valence-corrected chi connectivity index (χ3v) is 6.42. The first kappa shape index (κ1) is 16.5. The molecule has 0 aliphatic carbocycles. The van der Waals surface area contributed by atoms with Crippen LogP contribution in [0, 0.1) is 0 Å². The van der Waals surface area contributed by atoms with Gasteiger partial charge in [-0.1, -0.05) is 0 Å². The van der Waals surface area contributed by atoms with E-state index >= 15 is 0 Å². The van der Waals surface area contributed by atoms with E-state index in [4.69, 9.17) is 4.74 Å². The molecule has 0 radical (unpaired) electrons. The number of hydrogen-bond donors (Lipinski definition) is 1. The molecule has 0 aromatic heterocycles. The highest BCUT2D eigenvalue weighted by atomic mass is 32.2. The van der Waals surface area contributed by atoms with Crippen LogP contribution in [0.2, 0.25) is 0 Å². The monoisotopic (exact) mass is 347 g/mol. The summed E-state index contributed by atoms with van der Waals surface area (Å²) in [6.45, 7) is 0. The van der Waals surface area contributed by atoms with Crippen LogP contribution < -0.4 is 4.72 Å². The van der Waals surface area contributed by atoms with E-state index in [0.717, 1.165) is 29.7 Å². The highest BCUT2D eigenvalue weighted by Gasteiger charge is 2.22. The van der Waals surface area contributed by atoms with Crippen LogP contribution in [-0.2, 0) is 14.8 Å². The summed E-state index contributed by atoms with van der Waals surface area (Å²) in [7, 11) is -2.03. The molecule has 0 saturated carbocycles. The van der Waals surface area contributed by atoms with Gasteiger partial charge in [-0.25, -0.2) is 13.2 Å². The van der Waals surface area contributed by atoms with Crippen molar-refractivity contribution in [2.45, 2.75) is 11.0 Å². The molecule has 1 aliphatic rings. The van der Waals surface area contributed by atoms with Gasteiger partial charge in [0.25, 0.3) is 0 Å². The van der Waals surface area contributed by atoms with E-state index in [1.807, 2.05) is 0 Å². The van der Waals surface area contributed by atoms with E-state index in [1.165, 1.54) is 7.11 Å². The van der Waals surface area contributed by atoms with Gasteiger partial charge in [0.1, 0.15) is 0 Å². The number of anilines is 1. The van der Waals surface area contributed by atoms with Gasteiger partial charge in [0.15, 0.2) is 0 Å². The standard InChI is InChI=1S/C13H17NO4S3/c1-18-12(15)9-4-5-11(14-21(2,16)17)10(8-9)13-19-6-3-7-20-13/h4-5,8,13-14H,3,6-7H2,1-2H3. The van der Waals surface area contributed by atoms with Gasteiger partial charge >= 0.3 is 5.97 Å². The van der Waals surface area contributed by atoms with Crippen molar-refractivity contribution >= 4 is 45.2 Å². The minimum Gasteiger partial charge on any atom is -0.465 e. The Morgan fingerprint density at radius 2 is 2.00 bits per heavy atom. The number of hydrogen-bond acceptors (Lipinski definition) is 6. The topological polar surface area (TPSA) is 72.5 Å². The smallest absolute Gasteiger partial charge is 0.337 e. The summed E-state index contributed by atoms with van der Waals surface area (Å²) in [6.07, 6.45) is 2.25. The Hall–Kier alpha value is -0.860. The van der Waals surface area contributed by atoms with Crippen molar-refractivity contribution in [1.29, 1.82) is 0 Å². The molecule has 1 saturated heterocycles. The number of methoxy groups -OCH3 is 1. The van der Waals surface area contributed by atoms with Crippen molar-refractivity contribution in [3.63, 3.8) is 0 Å². The molecule has 2 rings (SSSR count). The summed E-state index contributed by atoms with van der Waals surface area (Å²) < 4.78 is 30.4. The van der Waals surface area contributed by atoms with Gasteiger partial charge in [0.05, 0.1) is 29.2 Å². The Kier molecular flexibility index (Phi) is 5.45. The fourth-order valence-corrected chi connectivity index (χ4v) is 5.49. The molecule has 1 aliphatic heterocycles. The van der Waals surface area contributed by atoms with Crippen molar-refractivity contribution in [1.82, 2.24) is 0 Å². The van der Waals surface area contributed by atoms with Crippen molar-refractivity contribution in [2.75, 3.05) is 29.6 Å². The minimum absolute atomic E-state index is 0.118. The molecule has 0 spiro atoms. The molecule has 0 amide bonds. The summed E-state index contributed by atoms with van der Waals surface area (Å²) in [4.78, 5) is 11.7. The fourth-order valence-electron chi connectivity index (χ4n) is 1.96. The zero-order chi connectivity index (χ0) is 15.5. The van der Waals surface area contributed by atoms with Crippen LogP contribution >= 0.6 is 23.5 Å². The van der Waals surface area contributed by atoms with Gasteiger partial charge in [-0.15, -0.1) is 23.5 Å². The molecule has 1 fully saturated rings. The summed E-state index contributed by atoms with van der Waals surface area (Å²) in [5, 5.41) is 0. The lowest BCUT2D eigenvalue weighted by molar-refractivity contribution is 0.0600. The zero-order valence-electron chi connectivity index (χ0n) is 11.8. The zero-order valence-corrected chi connectivity index (χ0v) is 14.2. The largest absolute Gasteiger partial charge is 0.465 e. The maximum absolute atomic E-state index is 11.7. The normalized spacial score (nSPS) is 16.5. The van der Waals surface area contributed by atoms with Gasteiger partial charge in [0.2, 0.25) is 10.0 Å². The number of thioether (sulfide) groups is 2. The van der Waals surface area contributed by atoms with Crippen LogP contribution in [0.15, 0.2) is 18.2 Å². The van der Waals surface area contributed by atoms with E-state index < -0.39 is 16.0 Å². The first-order valence-corrected chi connectivity index (χ1v) is 10.3. The fraction of sp³-hybridized carbons (Fsp3) is 0.462. The Morgan fingerprint density at radius 1 is 1.33 bits per heavy atom. The molecule has 1 heterocycles. The van der Waals surface area contributed by atoms with Crippen LogP contribution in [0.4, 0.5) is 5.69 Å². The van der Waals surface area contributed by atoms with Gasteiger partial charge in [-0.2, -0.15) is 0 Å². The van der Waals surface area contributed by atoms with Crippen molar-refractivity contribution < 1.29 is 17.9 Å². The van der Waals surface area contributed by atoms with E-state index in [-0.39, 0.29) is 4.58 Å². The van der Waals surface area contributed by atoms with E-state index in [0.29, 0.717) is 11.3 Å². The Balaban J connectivity index is 2.41. The van der Waals surface area contributed by atoms with Crippen LogP contribution in [0.25, 0.3) is 0 Å². The number of rotatable bonds is 4. The highest BCUT2D eigenvalue weighted by Crippen LogP contribution is 2.46. The lowest BCUT2D eigenvalue weighted by atomic mass is 10.1. The number of sulfonamides is 1. The molecule has 8 heteroatoms. The van der Waals surface area contributed by atoms with Crippen molar-refractivity contribution in [3.05, 3.63) is 29.3 Å². The number of ether oxygens (including phenoxy) is 1. The number of esters is 1. The maximum Gasteiger partial charge on any atom is 0.337 e. The Bertz CT molecular complexity index is 624. The lowest BCUT2D eigenvalue weighted by Crippen LogP contribution is -2.13. The Labute approximate surface area is 133 Å². The van der Waals surface area contributed by atoms with Gasteiger partial charge in [-0.3, -0.25) is 4.72 Å². The summed E-state index contributed by atoms with van der Waals surface area (Å²) in [5.41, 5.74) is 1.77. The lowest BCUT2D eigenvalue weighted by Gasteiger charge is -2.24. The first-order chi connectivity index (χ1) is 9.90. The average molecular weight is 347 g/mol. The molecule has 1 aromatic rings. The van der Waals surface area contributed by atoms with E-state index in [2.05, 4.69) is 4.72 Å². The predicted octanol–water partition coefficient (Wildman–Crippen LogP) is 2.71. The third-order valence-electron chi connectivity index (χ3n) is 2.85. The minimum atomic E-state index is -3.36. The van der Waals surface area contributed by atoms with Gasteiger partial charge in [-0.05, 0) is 36.1 Å². The second-order valence-electron chi connectivity index (χ2n) is 4.59. The molecule has 1 N–H and O–H groups in total. The van der Waals surface area contributed by atoms with E-state index in [9.17, 15) is 13.2 Å². The molecule has 116 valence electrons. The number of nitrogens with one attached hydrogen (secondary N) is 1. The highest BCUT2D eigenvalue weighted by molar-refractivity contribution is 8.16. The molecule has 5 nitrogen and oxygen atoms in total. The van der Waals surface area contributed by atoms with Crippen LogP contribution in [0.1, 0.15) is 26.9 Å². The van der Waals surface area contributed by atoms with Gasteiger partial charge < -0.3 is 4.74 Å². The molecule has 0 bridgehead atoms. The van der Waals surface area contributed by atoms with Crippen molar-refractivity contribution in [2.24, 2.45) is 0 Å². The third kappa shape index (κ3) is 4.55. The number of benzene rings is 1. The van der Waals surface area contributed by atoms with Crippen LogP contribution in [0.3, 0.4) is 0 Å². The maximum atomic E-state index is 11.7. The SMILES string of the molecule is COC(=O)c1ccc(NS(C)(=O)=O)c(C2SCCCS2)c1. The van der Waals surface area contributed by atoms with Crippen LogP contribution in [-0.4, -0.2) is 39.3 Å². The summed E-state index contributed by atoms with van der Waals surface area (Å²) >= 11 is 3.52. The van der Waals surface area contributed by atoms with E-state index in [1.54, 1.807) is 41.7 Å². The second-order valence-corrected chi connectivity index (χ2v) is 9.07. The number of carbonyl (C=O) groups is 1. The summed E-state index contributed by atoms with van der Waals surface area (Å²) in [6, 6.07) is 4.91. The molecule has 0 unspecified atom stereocenters. The molecule has 0 atom stereocenters. The molecule has 21 heavy (non-hydrogen) atoms. The van der Waals surface area contributed by atoms with Crippen LogP contribution in [0.5, 0.6) is 0 Å². The number of carbonyl (C=O) groups excluding carboxylic acids is 1. The Morgan fingerprint density at radius 3 is 2.57 bits per heavy atom. The first-order valence-electron chi connectivity index (χ1n) is 6.34. The van der Waals surface area contributed by atoms with Gasteiger partial charge in [0, 0.05) is 5.56 Å². The quantitative estimate of drug-likeness (QED) is 0.844. The second kappa shape index (κ2) is 6.93.